The fraction of sp³-hybridized carbons (Fsp3) is 0.690. The van der Waals surface area contributed by atoms with Crippen LogP contribution in [-0.4, -0.2) is 152 Å². The molecule has 4 N–H and O–H groups in total. The van der Waals surface area contributed by atoms with E-state index < -0.39 is 66.2 Å². The summed E-state index contributed by atoms with van der Waals surface area (Å²) in [7, 11) is 5.34. The number of ether oxygens (including phenoxy) is 10. The van der Waals surface area contributed by atoms with E-state index in [1.165, 1.54) is 5.57 Å². The summed E-state index contributed by atoms with van der Waals surface area (Å²) in [6.07, 6.45) is 7.76. The molecular weight excluding hydrogens is 951 g/mol. The standard InChI is InChI=1S/C51H75NO13.C7H6O2/c1-12-24(2)45-25(3)15-16-50(65-45)22-40-35-18-34-32(14-13-31-23-58-48-44(53)26(4)17-36(49(54)61-40)51(31,48)55)27(5)46(28(6)33(34)19-37(35)64-50)62-42-21-39(57-11)47(30(8)60-42)63-41-20-38(56-10)43(52-9)29(7)59-41;8-7(9)6-4-2-1-3-5-6/h13-17,24-25,27,29-30,34-48,52-53,55H,12,18-23H2,1-11H3;1-5H,(H,8,9)/b31-13+,32-14-;/t24?,25?,27-,29?,30?,34?,35?,36-,37?,38+,39+,40+,41-,42-,43+,44+,45?,46-,47-,48?,50?,51?;/m0./s1. The summed E-state index contributed by atoms with van der Waals surface area (Å²) in [4.78, 5) is 24.9. The molecule has 3 aliphatic carbocycles. The van der Waals surface area contributed by atoms with Gasteiger partial charge in [0.25, 0.3) is 0 Å². The molecule has 1 saturated carbocycles. The minimum absolute atomic E-state index is 0.00610. The molecule has 0 aromatic heterocycles. The van der Waals surface area contributed by atoms with Gasteiger partial charge in [-0.25, -0.2) is 4.79 Å². The second-order valence-corrected chi connectivity index (χ2v) is 22.4. The van der Waals surface area contributed by atoms with E-state index in [4.69, 9.17) is 52.5 Å². The Balaban J connectivity index is 0.000000676. The number of carboxylic acids is 1. The first kappa shape index (κ1) is 55.1. The number of carbonyl (C=O) groups excluding carboxylic acids is 1. The van der Waals surface area contributed by atoms with E-state index >= 15 is 0 Å². The number of aliphatic hydroxyl groups excluding tert-OH is 1. The van der Waals surface area contributed by atoms with Gasteiger partial charge in [0.1, 0.15) is 35.9 Å². The Hall–Kier alpha value is -3.62. The zero-order valence-electron chi connectivity index (χ0n) is 45.0. The average Bonchev–Trinajstić information content (AvgIpc) is 3.74. The number of allylic oxidation sites excluding steroid dienone is 2. The number of hydrogen-bond acceptors (Lipinski definition) is 15. The molecule has 0 amide bonds. The first-order valence-electron chi connectivity index (χ1n) is 27.0. The number of likely N-dealkylation sites (N-methyl/N-ethyl adjacent to an activating group) is 1. The number of methoxy groups -OCH3 is 2. The van der Waals surface area contributed by atoms with Crippen LogP contribution in [-0.2, 0) is 52.2 Å². The normalized spacial score (nSPS) is 45.4. The number of esters is 1. The van der Waals surface area contributed by atoms with E-state index in [1.807, 2.05) is 33.0 Å². The summed E-state index contributed by atoms with van der Waals surface area (Å²) >= 11 is 0. The molecule has 5 fully saturated rings. The van der Waals surface area contributed by atoms with E-state index in [0.717, 1.165) is 17.6 Å². The topological polar surface area (TPSA) is 199 Å². The average molecular weight is 1030 g/mol. The Labute approximate surface area is 436 Å². The molecule has 1 spiro atoms. The molecule has 11 unspecified atom stereocenters. The molecule has 6 aliphatic heterocycles. The Morgan fingerprint density at radius 2 is 1.64 bits per heavy atom. The van der Waals surface area contributed by atoms with Gasteiger partial charge in [0.05, 0.1) is 60.9 Å². The minimum Gasteiger partial charge on any atom is -0.478 e. The second kappa shape index (κ2) is 22.4. The van der Waals surface area contributed by atoms with Crippen LogP contribution >= 0.6 is 0 Å². The Morgan fingerprint density at radius 1 is 0.932 bits per heavy atom. The van der Waals surface area contributed by atoms with Crippen molar-refractivity contribution in [3.63, 3.8) is 0 Å². The maximum absolute atomic E-state index is 14.7. The SMILES string of the molecule is CCC(C)C1OC2(C=CC1C)C[C@H]1OC(=O)[C@@H]3C=C(C)[C@@H](O)C4OC/C(=C\C=C5/C6CC1C(CC6=C(C)[C@@H](O[C@H]1C[C@@H](OC)[C@@H](O[C@H]6C[C@@H](OC)[C@H](NC)C(C)O6)C(C)O1)[C@H]5C)O2)C43O.O=C(O)c1ccccc1. The molecule has 6 heterocycles. The van der Waals surface area contributed by atoms with Crippen molar-refractivity contribution in [3.05, 3.63) is 94.1 Å². The number of carboxylic acid groups (broad SMARTS) is 1. The third-order valence-corrected chi connectivity index (χ3v) is 18.1. The van der Waals surface area contributed by atoms with Gasteiger partial charge in [-0.1, -0.05) is 87.8 Å². The molecule has 16 nitrogen and oxygen atoms in total. The summed E-state index contributed by atoms with van der Waals surface area (Å²) in [5, 5.41) is 35.8. The first-order valence-corrected chi connectivity index (χ1v) is 27.0. The smallest absolute Gasteiger partial charge is 0.335 e. The van der Waals surface area contributed by atoms with Gasteiger partial charge in [-0.2, -0.15) is 0 Å². The predicted molar refractivity (Wildman–Crippen MR) is 272 cm³/mol. The zero-order valence-corrected chi connectivity index (χ0v) is 45.0. The predicted octanol–water partition coefficient (Wildman–Crippen LogP) is 6.99. The van der Waals surface area contributed by atoms with Crippen LogP contribution < -0.4 is 5.32 Å². The van der Waals surface area contributed by atoms with Gasteiger partial charge in [0.2, 0.25) is 0 Å². The lowest BCUT2D eigenvalue weighted by Crippen LogP contribution is -2.60. The van der Waals surface area contributed by atoms with E-state index in [2.05, 4.69) is 52.1 Å². The summed E-state index contributed by atoms with van der Waals surface area (Å²) in [5.41, 5.74) is 3.14. The molecule has 9 aliphatic rings. The Bertz CT molecular complexity index is 2350. The molecule has 10 rings (SSSR count). The van der Waals surface area contributed by atoms with Crippen LogP contribution in [0.4, 0.5) is 0 Å². The molecule has 1 aromatic carbocycles. The molecule has 1 aromatic rings. The van der Waals surface area contributed by atoms with E-state index in [0.29, 0.717) is 48.8 Å². The van der Waals surface area contributed by atoms with Crippen LogP contribution in [0.15, 0.2) is 88.6 Å². The third kappa shape index (κ3) is 10.3. The lowest BCUT2D eigenvalue weighted by atomic mass is 9.61. The van der Waals surface area contributed by atoms with Crippen molar-refractivity contribution >= 4 is 11.9 Å². The van der Waals surface area contributed by atoms with Gasteiger partial charge in [-0.05, 0) is 88.4 Å². The third-order valence-electron chi connectivity index (χ3n) is 18.1. The van der Waals surface area contributed by atoms with Crippen molar-refractivity contribution in [1.82, 2.24) is 5.32 Å². The number of nitrogens with one attached hydrogen (secondary N) is 1. The summed E-state index contributed by atoms with van der Waals surface area (Å²) in [6.45, 7) is 16.8. The molecular formula is C58H81NO15. The van der Waals surface area contributed by atoms with Gasteiger partial charge in [0, 0.05) is 57.2 Å². The van der Waals surface area contributed by atoms with Crippen LogP contribution in [0, 0.1) is 35.5 Å². The number of hydrogen-bond donors (Lipinski definition) is 4. The fourth-order valence-electron chi connectivity index (χ4n) is 13.7. The highest BCUT2D eigenvalue weighted by molar-refractivity contribution is 5.87. The fourth-order valence-corrected chi connectivity index (χ4v) is 13.7. The number of carbonyl (C=O) groups is 2. The second-order valence-electron chi connectivity index (χ2n) is 22.4. The van der Waals surface area contributed by atoms with Gasteiger partial charge < -0.3 is 68.0 Å². The molecule has 74 heavy (non-hydrogen) atoms. The lowest BCUT2D eigenvalue weighted by molar-refractivity contribution is -0.318. The maximum atomic E-state index is 14.7. The highest BCUT2D eigenvalue weighted by Gasteiger charge is 2.62. The van der Waals surface area contributed by atoms with Crippen molar-refractivity contribution in [2.45, 2.75) is 191 Å². The van der Waals surface area contributed by atoms with Crippen LogP contribution in [0.3, 0.4) is 0 Å². The molecule has 22 atom stereocenters. The minimum atomic E-state index is -1.82. The summed E-state index contributed by atoms with van der Waals surface area (Å²) < 4.78 is 65.8. The quantitative estimate of drug-likeness (QED) is 0.138. The van der Waals surface area contributed by atoms with Crippen molar-refractivity contribution in [2.24, 2.45) is 35.5 Å². The van der Waals surface area contributed by atoms with Crippen LogP contribution in [0.5, 0.6) is 0 Å². The van der Waals surface area contributed by atoms with Crippen LogP contribution in [0.1, 0.15) is 104 Å². The maximum Gasteiger partial charge on any atom is 0.335 e. The molecule has 408 valence electrons. The number of rotatable bonds is 10. The molecule has 2 bridgehead atoms. The first-order chi connectivity index (χ1) is 35.3. The van der Waals surface area contributed by atoms with Gasteiger partial charge in [0.15, 0.2) is 18.4 Å². The van der Waals surface area contributed by atoms with Gasteiger partial charge in [-0.15, -0.1) is 0 Å². The summed E-state index contributed by atoms with van der Waals surface area (Å²) in [5.74, 6) is -3.37. The van der Waals surface area contributed by atoms with Gasteiger partial charge in [-0.3, -0.25) is 4.79 Å². The van der Waals surface area contributed by atoms with E-state index in [-0.39, 0.29) is 85.0 Å². The molecule has 4 saturated heterocycles. The van der Waals surface area contributed by atoms with E-state index in [9.17, 15) is 19.8 Å². The highest BCUT2D eigenvalue weighted by Crippen LogP contribution is 2.56. The summed E-state index contributed by atoms with van der Waals surface area (Å²) in [6, 6.07) is 8.34. The van der Waals surface area contributed by atoms with Crippen molar-refractivity contribution in [2.75, 3.05) is 27.9 Å². The Kier molecular flexibility index (Phi) is 16.7. The zero-order chi connectivity index (χ0) is 53.0. The van der Waals surface area contributed by atoms with Crippen LogP contribution in [0.25, 0.3) is 0 Å². The van der Waals surface area contributed by atoms with Crippen molar-refractivity contribution in [1.29, 1.82) is 0 Å². The number of aromatic carboxylic acids is 1. The van der Waals surface area contributed by atoms with E-state index in [1.54, 1.807) is 57.6 Å². The van der Waals surface area contributed by atoms with Crippen molar-refractivity contribution < 1.29 is 72.3 Å². The number of aliphatic hydroxyl groups is 2. The lowest BCUT2D eigenvalue weighted by Gasteiger charge is -2.55. The van der Waals surface area contributed by atoms with Crippen molar-refractivity contribution in [3.8, 4) is 0 Å². The molecule has 0 radical (unpaired) electrons. The Morgan fingerprint density at radius 3 is 2.31 bits per heavy atom. The number of benzene rings is 1. The highest BCUT2D eigenvalue weighted by atomic mass is 16.7. The van der Waals surface area contributed by atoms with Gasteiger partial charge >= 0.3 is 11.9 Å². The molecule has 16 heteroatoms. The van der Waals surface area contributed by atoms with Crippen LogP contribution in [0.2, 0.25) is 0 Å². The largest absolute Gasteiger partial charge is 0.478 e. The monoisotopic (exact) mass is 1030 g/mol.